The Morgan fingerprint density at radius 1 is 1.00 bits per heavy atom. The molecule has 5 nitrogen and oxygen atoms in total. The van der Waals surface area contributed by atoms with Gasteiger partial charge >= 0.3 is 0 Å². The molecule has 1 rings (SSSR count). The molecule has 0 aromatic carbocycles. The van der Waals surface area contributed by atoms with Crippen LogP contribution in [0.1, 0.15) is 20.3 Å². The molecule has 1 heterocycles. The summed E-state index contributed by atoms with van der Waals surface area (Å²) in [5, 5.41) is 0. The Morgan fingerprint density at radius 3 is 1.89 bits per heavy atom. The van der Waals surface area contributed by atoms with Crippen molar-refractivity contribution in [2.24, 2.45) is 5.73 Å². The molecule has 108 valence electrons. The van der Waals surface area contributed by atoms with Gasteiger partial charge in [-0.3, -0.25) is 9.80 Å². The Bertz CT molecular complexity index is 214. The molecule has 2 N–H and O–H groups in total. The van der Waals surface area contributed by atoms with Gasteiger partial charge in [-0.25, -0.2) is 0 Å². The normalized spacial score (nSPS) is 20.8. The minimum Gasteiger partial charge on any atom is -0.356 e. The number of nitrogens with two attached hydrogens (primary N) is 1. The molecule has 5 heteroatoms. The van der Waals surface area contributed by atoms with E-state index in [9.17, 15) is 0 Å². The summed E-state index contributed by atoms with van der Waals surface area (Å²) >= 11 is 0. The highest BCUT2D eigenvalue weighted by atomic mass is 16.7. The van der Waals surface area contributed by atoms with Gasteiger partial charge in [0.25, 0.3) is 0 Å². The van der Waals surface area contributed by atoms with Gasteiger partial charge in [0.2, 0.25) is 0 Å². The summed E-state index contributed by atoms with van der Waals surface area (Å²) in [6.45, 7) is 9.58. The molecular formula is C13H29N3O2. The van der Waals surface area contributed by atoms with Crippen molar-refractivity contribution in [3.8, 4) is 0 Å². The molecule has 1 saturated heterocycles. The number of methoxy groups -OCH3 is 2. The van der Waals surface area contributed by atoms with Crippen LogP contribution < -0.4 is 5.73 Å². The molecule has 0 saturated carbocycles. The van der Waals surface area contributed by atoms with Crippen molar-refractivity contribution < 1.29 is 9.47 Å². The number of hydrogen-bond donors (Lipinski definition) is 1. The molecule has 1 fully saturated rings. The molecule has 1 atom stereocenters. The lowest BCUT2D eigenvalue weighted by Crippen LogP contribution is -2.54. The maximum atomic E-state index is 5.89. The zero-order valence-corrected chi connectivity index (χ0v) is 12.3. The van der Waals surface area contributed by atoms with Gasteiger partial charge in [-0.2, -0.15) is 0 Å². The lowest BCUT2D eigenvalue weighted by Gasteiger charge is -2.41. The van der Waals surface area contributed by atoms with Gasteiger partial charge in [0.15, 0.2) is 6.29 Å². The zero-order valence-electron chi connectivity index (χ0n) is 12.3. The van der Waals surface area contributed by atoms with Crippen LogP contribution in [0.3, 0.4) is 0 Å². The number of nitrogens with zero attached hydrogens (tertiary/aromatic N) is 2. The zero-order chi connectivity index (χ0) is 13.5. The molecule has 0 aromatic heterocycles. The van der Waals surface area contributed by atoms with Crippen LogP contribution in [0.25, 0.3) is 0 Å². The SMILES string of the molecule is COC(CC(CN)N1CCN(C(C)C)CC1)OC. The van der Waals surface area contributed by atoms with E-state index in [4.69, 9.17) is 15.2 Å². The van der Waals surface area contributed by atoms with Crippen molar-refractivity contribution in [3.05, 3.63) is 0 Å². The van der Waals surface area contributed by atoms with E-state index in [0.717, 1.165) is 32.6 Å². The summed E-state index contributed by atoms with van der Waals surface area (Å²) in [4.78, 5) is 4.97. The average molecular weight is 259 g/mol. The number of ether oxygens (including phenoxy) is 2. The summed E-state index contributed by atoms with van der Waals surface area (Å²) < 4.78 is 10.5. The molecule has 0 radical (unpaired) electrons. The smallest absolute Gasteiger partial charge is 0.158 e. The van der Waals surface area contributed by atoms with Crippen molar-refractivity contribution in [2.75, 3.05) is 46.9 Å². The van der Waals surface area contributed by atoms with Gasteiger partial charge in [-0.1, -0.05) is 0 Å². The Labute approximate surface area is 111 Å². The minimum atomic E-state index is -0.151. The molecule has 0 aliphatic carbocycles. The second kappa shape index (κ2) is 8.07. The van der Waals surface area contributed by atoms with Crippen molar-refractivity contribution in [3.63, 3.8) is 0 Å². The van der Waals surface area contributed by atoms with Crippen molar-refractivity contribution >= 4 is 0 Å². The van der Waals surface area contributed by atoms with E-state index in [1.54, 1.807) is 14.2 Å². The van der Waals surface area contributed by atoms with Crippen LogP contribution in [-0.4, -0.2) is 75.1 Å². The van der Waals surface area contributed by atoms with Crippen LogP contribution in [0.15, 0.2) is 0 Å². The highest BCUT2D eigenvalue weighted by Crippen LogP contribution is 2.13. The first-order chi connectivity index (χ1) is 8.62. The van der Waals surface area contributed by atoms with Crippen molar-refractivity contribution in [1.29, 1.82) is 0 Å². The number of piperazine rings is 1. The van der Waals surface area contributed by atoms with E-state index in [0.29, 0.717) is 18.6 Å². The van der Waals surface area contributed by atoms with Gasteiger partial charge < -0.3 is 15.2 Å². The second-order valence-electron chi connectivity index (χ2n) is 5.19. The quantitative estimate of drug-likeness (QED) is 0.669. The Balaban J connectivity index is 2.42. The molecule has 0 spiro atoms. The molecule has 1 aliphatic rings. The monoisotopic (exact) mass is 259 g/mol. The average Bonchev–Trinajstić information content (AvgIpc) is 2.40. The maximum Gasteiger partial charge on any atom is 0.158 e. The van der Waals surface area contributed by atoms with Crippen LogP contribution in [0.5, 0.6) is 0 Å². The molecule has 1 aliphatic heterocycles. The van der Waals surface area contributed by atoms with Gasteiger partial charge in [0.1, 0.15) is 0 Å². The van der Waals surface area contributed by atoms with E-state index >= 15 is 0 Å². The molecule has 0 aromatic rings. The standard InChI is InChI=1S/C13H29N3O2/c1-11(2)15-5-7-16(8-6-15)12(10-14)9-13(17-3)18-4/h11-13H,5-10,14H2,1-4H3. The van der Waals surface area contributed by atoms with E-state index < -0.39 is 0 Å². The van der Waals surface area contributed by atoms with E-state index in [2.05, 4.69) is 23.6 Å². The summed E-state index contributed by atoms with van der Waals surface area (Å²) in [6.07, 6.45) is 0.687. The first-order valence-electron chi connectivity index (χ1n) is 6.86. The van der Waals surface area contributed by atoms with Crippen LogP contribution >= 0.6 is 0 Å². The fourth-order valence-electron chi connectivity index (χ4n) is 2.52. The fourth-order valence-corrected chi connectivity index (χ4v) is 2.52. The summed E-state index contributed by atoms with van der Waals surface area (Å²) in [5.41, 5.74) is 5.89. The van der Waals surface area contributed by atoms with Gasteiger partial charge in [-0.15, -0.1) is 0 Å². The molecule has 0 bridgehead atoms. The summed E-state index contributed by atoms with van der Waals surface area (Å²) in [5.74, 6) is 0. The highest BCUT2D eigenvalue weighted by Gasteiger charge is 2.26. The Kier molecular flexibility index (Phi) is 7.11. The van der Waals surface area contributed by atoms with Crippen molar-refractivity contribution in [1.82, 2.24) is 9.80 Å². The third-order valence-corrected chi connectivity index (χ3v) is 3.86. The third-order valence-electron chi connectivity index (χ3n) is 3.86. The maximum absolute atomic E-state index is 5.89. The van der Waals surface area contributed by atoms with Crippen LogP contribution in [0.2, 0.25) is 0 Å². The minimum absolute atomic E-state index is 0.151. The molecule has 18 heavy (non-hydrogen) atoms. The Morgan fingerprint density at radius 2 is 1.50 bits per heavy atom. The van der Waals surface area contributed by atoms with Gasteiger partial charge in [-0.05, 0) is 13.8 Å². The topological polar surface area (TPSA) is 51.0 Å². The first-order valence-corrected chi connectivity index (χ1v) is 6.86. The predicted molar refractivity (Wildman–Crippen MR) is 73.5 cm³/mol. The van der Waals surface area contributed by atoms with Gasteiger partial charge in [0.05, 0.1) is 0 Å². The Hall–Kier alpha value is -0.200. The number of rotatable bonds is 7. The third kappa shape index (κ3) is 4.48. The van der Waals surface area contributed by atoms with E-state index in [-0.39, 0.29) is 6.29 Å². The predicted octanol–water partition coefficient (Wildman–Crippen LogP) is 0.349. The van der Waals surface area contributed by atoms with E-state index in [1.807, 2.05) is 0 Å². The van der Waals surface area contributed by atoms with Crippen LogP contribution in [-0.2, 0) is 9.47 Å². The lowest BCUT2D eigenvalue weighted by molar-refractivity contribution is -0.118. The van der Waals surface area contributed by atoms with E-state index in [1.165, 1.54) is 0 Å². The first kappa shape index (κ1) is 15.9. The van der Waals surface area contributed by atoms with Crippen molar-refractivity contribution in [2.45, 2.75) is 38.6 Å². The van der Waals surface area contributed by atoms with Gasteiger partial charge in [0, 0.05) is 65.4 Å². The van der Waals surface area contributed by atoms with Crippen LogP contribution in [0, 0.1) is 0 Å². The molecule has 0 amide bonds. The van der Waals surface area contributed by atoms with Crippen LogP contribution in [0.4, 0.5) is 0 Å². The number of hydrogen-bond acceptors (Lipinski definition) is 5. The highest BCUT2D eigenvalue weighted by molar-refractivity contribution is 4.81. The largest absolute Gasteiger partial charge is 0.356 e. The summed E-state index contributed by atoms with van der Waals surface area (Å²) in [6, 6.07) is 0.985. The molecule has 1 unspecified atom stereocenters. The molecular weight excluding hydrogens is 230 g/mol. The summed E-state index contributed by atoms with van der Waals surface area (Å²) in [7, 11) is 3.36. The second-order valence-corrected chi connectivity index (χ2v) is 5.19. The lowest BCUT2D eigenvalue weighted by atomic mass is 10.1. The fraction of sp³-hybridized carbons (Fsp3) is 1.00.